The van der Waals surface area contributed by atoms with Gasteiger partial charge in [0, 0.05) is 6.04 Å². The lowest BCUT2D eigenvalue weighted by Gasteiger charge is -2.14. The molecule has 1 aliphatic carbocycles. The van der Waals surface area contributed by atoms with Gasteiger partial charge in [0.15, 0.2) is 0 Å². The van der Waals surface area contributed by atoms with E-state index in [-0.39, 0.29) is 0 Å². The second-order valence-corrected chi connectivity index (χ2v) is 4.37. The molecule has 2 rings (SSSR count). The van der Waals surface area contributed by atoms with Crippen molar-refractivity contribution >= 4 is 11.8 Å². The van der Waals surface area contributed by atoms with Gasteiger partial charge in [-0.05, 0) is 25.0 Å². The molecule has 0 aromatic carbocycles. The Labute approximate surface area is 107 Å². The van der Waals surface area contributed by atoms with Crippen LogP contribution in [0.3, 0.4) is 0 Å². The van der Waals surface area contributed by atoms with Crippen LogP contribution in [0.25, 0.3) is 0 Å². The van der Waals surface area contributed by atoms with E-state index in [0.717, 1.165) is 5.82 Å². The van der Waals surface area contributed by atoms with E-state index in [2.05, 4.69) is 15.0 Å². The van der Waals surface area contributed by atoms with E-state index in [1.165, 1.54) is 39.9 Å². The Bertz CT molecular complexity index is 428. The summed E-state index contributed by atoms with van der Waals surface area (Å²) < 4.78 is 9.79. The Morgan fingerprint density at radius 3 is 2.67 bits per heavy atom. The molecule has 1 aliphatic rings. The molecule has 1 saturated carbocycles. The molecule has 0 bridgehead atoms. The van der Waals surface area contributed by atoms with Crippen LogP contribution in [0.2, 0.25) is 0 Å². The van der Waals surface area contributed by atoms with Crippen LogP contribution in [0, 0.1) is 0 Å². The smallest absolute Gasteiger partial charge is 0.343 e. The van der Waals surface area contributed by atoms with Crippen molar-refractivity contribution in [3.8, 4) is 5.88 Å². The van der Waals surface area contributed by atoms with Crippen molar-refractivity contribution in [2.75, 3.05) is 19.5 Å². The fourth-order valence-electron chi connectivity index (χ4n) is 2.22. The highest BCUT2D eigenvalue weighted by molar-refractivity contribution is 5.92. The minimum Gasteiger partial charge on any atom is -0.480 e. The summed E-state index contributed by atoms with van der Waals surface area (Å²) in [7, 11) is 2.83. The number of pyridine rings is 1. The quantitative estimate of drug-likeness (QED) is 0.830. The Morgan fingerprint density at radius 2 is 2.06 bits per heavy atom. The van der Waals surface area contributed by atoms with Crippen molar-refractivity contribution in [3.05, 3.63) is 17.7 Å². The zero-order chi connectivity index (χ0) is 13.0. The monoisotopic (exact) mass is 250 g/mol. The van der Waals surface area contributed by atoms with Crippen LogP contribution in [0.1, 0.15) is 36.0 Å². The predicted octanol–water partition coefficient (Wildman–Crippen LogP) is 2.23. The molecule has 0 amide bonds. The Morgan fingerprint density at radius 1 is 1.33 bits per heavy atom. The molecule has 0 spiro atoms. The summed E-state index contributed by atoms with van der Waals surface area (Å²) in [5.74, 6) is 0.600. The van der Waals surface area contributed by atoms with Gasteiger partial charge in [-0.3, -0.25) is 0 Å². The van der Waals surface area contributed by atoms with E-state index in [4.69, 9.17) is 4.74 Å². The maximum Gasteiger partial charge on any atom is 0.343 e. The van der Waals surface area contributed by atoms with Crippen molar-refractivity contribution in [1.82, 2.24) is 4.98 Å². The zero-order valence-corrected chi connectivity index (χ0v) is 10.7. The standard InChI is InChI=1S/C13H18N2O3/c1-17-12-10(13(16)18-2)7-8-11(15-12)14-9-5-3-4-6-9/h7-9H,3-6H2,1-2H3,(H,14,15). The average molecular weight is 250 g/mol. The van der Waals surface area contributed by atoms with E-state index in [1.54, 1.807) is 12.1 Å². The van der Waals surface area contributed by atoms with E-state index in [0.29, 0.717) is 17.5 Å². The van der Waals surface area contributed by atoms with Crippen LogP contribution >= 0.6 is 0 Å². The minimum absolute atomic E-state index is 0.296. The lowest BCUT2D eigenvalue weighted by atomic mass is 10.2. The first-order valence-electron chi connectivity index (χ1n) is 6.14. The molecular weight excluding hydrogens is 232 g/mol. The molecule has 1 aromatic rings. The first-order valence-corrected chi connectivity index (χ1v) is 6.14. The number of nitrogens with one attached hydrogen (secondary N) is 1. The van der Waals surface area contributed by atoms with Gasteiger partial charge in [-0.15, -0.1) is 0 Å². The van der Waals surface area contributed by atoms with Crippen molar-refractivity contribution in [2.45, 2.75) is 31.7 Å². The van der Waals surface area contributed by atoms with Crippen LogP contribution in [0.15, 0.2) is 12.1 Å². The third-order valence-corrected chi connectivity index (χ3v) is 3.17. The minimum atomic E-state index is -0.438. The zero-order valence-electron chi connectivity index (χ0n) is 10.7. The van der Waals surface area contributed by atoms with Crippen molar-refractivity contribution in [3.63, 3.8) is 0 Å². The molecule has 1 aromatic heterocycles. The largest absolute Gasteiger partial charge is 0.480 e. The van der Waals surface area contributed by atoms with Crippen LogP contribution < -0.4 is 10.1 Å². The molecule has 0 saturated heterocycles. The average Bonchev–Trinajstić information content (AvgIpc) is 2.90. The third-order valence-electron chi connectivity index (χ3n) is 3.17. The summed E-state index contributed by atoms with van der Waals surface area (Å²) in [4.78, 5) is 15.8. The molecule has 98 valence electrons. The highest BCUT2D eigenvalue weighted by Gasteiger charge is 2.18. The molecule has 0 atom stereocenters. The molecule has 5 heteroatoms. The predicted molar refractivity (Wildman–Crippen MR) is 68.0 cm³/mol. The molecular formula is C13H18N2O3. The van der Waals surface area contributed by atoms with E-state index >= 15 is 0 Å². The highest BCUT2D eigenvalue weighted by Crippen LogP contribution is 2.24. The van der Waals surface area contributed by atoms with Gasteiger partial charge in [0.1, 0.15) is 11.4 Å². The maximum absolute atomic E-state index is 11.5. The van der Waals surface area contributed by atoms with Crippen molar-refractivity contribution in [2.24, 2.45) is 0 Å². The number of carbonyl (C=O) groups excluding carboxylic acids is 1. The summed E-state index contributed by atoms with van der Waals surface area (Å²) in [6.45, 7) is 0. The molecule has 0 unspecified atom stereocenters. The Balaban J connectivity index is 2.15. The summed E-state index contributed by atoms with van der Waals surface area (Å²) >= 11 is 0. The molecule has 1 N–H and O–H groups in total. The Kier molecular flexibility index (Phi) is 4.02. The number of nitrogens with zero attached hydrogens (tertiary/aromatic N) is 1. The number of ether oxygens (including phenoxy) is 2. The van der Waals surface area contributed by atoms with Crippen LogP contribution in [-0.2, 0) is 4.74 Å². The summed E-state index contributed by atoms with van der Waals surface area (Å²) in [6, 6.07) is 3.94. The first kappa shape index (κ1) is 12.7. The molecule has 1 fully saturated rings. The topological polar surface area (TPSA) is 60.5 Å². The van der Waals surface area contributed by atoms with E-state index in [9.17, 15) is 4.79 Å². The van der Waals surface area contributed by atoms with Gasteiger partial charge < -0.3 is 14.8 Å². The number of esters is 1. The molecule has 1 heterocycles. The number of carbonyl (C=O) groups is 1. The molecule has 18 heavy (non-hydrogen) atoms. The maximum atomic E-state index is 11.5. The van der Waals surface area contributed by atoms with Crippen molar-refractivity contribution in [1.29, 1.82) is 0 Å². The summed E-state index contributed by atoms with van der Waals surface area (Å²) in [6.07, 6.45) is 4.86. The van der Waals surface area contributed by atoms with Crippen LogP contribution in [0.4, 0.5) is 5.82 Å². The van der Waals surface area contributed by atoms with E-state index < -0.39 is 5.97 Å². The second-order valence-electron chi connectivity index (χ2n) is 4.37. The summed E-state index contributed by atoms with van der Waals surface area (Å²) in [5, 5.41) is 3.36. The molecule has 0 aliphatic heterocycles. The van der Waals surface area contributed by atoms with Crippen LogP contribution in [-0.4, -0.2) is 31.2 Å². The van der Waals surface area contributed by atoms with E-state index in [1.807, 2.05) is 0 Å². The van der Waals surface area contributed by atoms with Crippen LogP contribution in [0.5, 0.6) is 5.88 Å². The number of aromatic nitrogens is 1. The van der Waals surface area contributed by atoms with Gasteiger partial charge >= 0.3 is 5.97 Å². The van der Waals surface area contributed by atoms with Gasteiger partial charge in [-0.1, -0.05) is 12.8 Å². The Hall–Kier alpha value is -1.78. The third kappa shape index (κ3) is 2.72. The molecule has 0 radical (unpaired) electrons. The first-order chi connectivity index (χ1) is 8.74. The van der Waals surface area contributed by atoms with Gasteiger partial charge in [-0.25, -0.2) is 4.79 Å². The normalized spacial score (nSPS) is 15.4. The SMILES string of the molecule is COC(=O)c1ccc(NC2CCCC2)nc1OC. The van der Waals surface area contributed by atoms with Gasteiger partial charge in [0.2, 0.25) is 5.88 Å². The van der Waals surface area contributed by atoms with Gasteiger partial charge in [0.05, 0.1) is 14.2 Å². The highest BCUT2D eigenvalue weighted by atomic mass is 16.5. The second kappa shape index (κ2) is 5.71. The number of hydrogen-bond acceptors (Lipinski definition) is 5. The fraction of sp³-hybridized carbons (Fsp3) is 0.538. The van der Waals surface area contributed by atoms with Gasteiger partial charge in [0.25, 0.3) is 0 Å². The lowest BCUT2D eigenvalue weighted by molar-refractivity contribution is 0.0596. The lowest BCUT2D eigenvalue weighted by Crippen LogP contribution is -2.16. The number of rotatable bonds is 4. The number of anilines is 1. The number of methoxy groups -OCH3 is 2. The fourth-order valence-corrected chi connectivity index (χ4v) is 2.22. The number of hydrogen-bond donors (Lipinski definition) is 1. The summed E-state index contributed by atoms with van der Waals surface area (Å²) in [5.41, 5.74) is 0.344. The van der Waals surface area contributed by atoms with Crippen molar-refractivity contribution < 1.29 is 14.3 Å². The molecule has 5 nitrogen and oxygen atoms in total. The van der Waals surface area contributed by atoms with Gasteiger partial charge in [-0.2, -0.15) is 4.98 Å².